The molecule has 0 bridgehead atoms. The monoisotopic (exact) mass is 281 g/mol. The van der Waals surface area contributed by atoms with Gasteiger partial charge in [0.1, 0.15) is 5.75 Å². The highest BCUT2D eigenvalue weighted by Crippen LogP contribution is 2.29. The molecular formula is C12H11NO3S2. The molecule has 18 heavy (non-hydrogen) atoms. The number of carbonyl (C=O) groups is 1. The minimum absolute atomic E-state index is 0.0328. The molecule has 1 heterocycles. The quantitative estimate of drug-likeness (QED) is 0.854. The second-order valence-corrected chi connectivity index (χ2v) is 5.49. The lowest BCUT2D eigenvalue weighted by molar-refractivity contribution is -0.133. The number of benzene rings is 1. The molecule has 0 radical (unpaired) electrons. The highest BCUT2D eigenvalue weighted by Gasteiger charge is 2.07. The van der Waals surface area contributed by atoms with Gasteiger partial charge in [0.25, 0.3) is 0 Å². The largest absolute Gasteiger partial charge is 0.497 e. The van der Waals surface area contributed by atoms with Crippen molar-refractivity contribution >= 4 is 29.1 Å². The molecule has 1 aromatic carbocycles. The van der Waals surface area contributed by atoms with Crippen molar-refractivity contribution in [1.82, 2.24) is 4.98 Å². The summed E-state index contributed by atoms with van der Waals surface area (Å²) in [5, 5.41) is 10.5. The predicted molar refractivity (Wildman–Crippen MR) is 72.5 cm³/mol. The Morgan fingerprint density at radius 2 is 2.39 bits per heavy atom. The molecule has 0 aliphatic heterocycles. The van der Waals surface area contributed by atoms with E-state index in [1.807, 2.05) is 29.6 Å². The van der Waals surface area contributed by atoms with E-state index >= 15 is 0 Å². The lowest BCUT2D eigenvalue weighted by Gasteiger charge is -2.01. The van der Waals surface area contributed by atoms with Crippen LogP contribution in [0.15, 0.2) is 34.0 Å². The summed E-state index contributed by atoms with van der Waals surface area (Å²) in [6.07, 6.45) is 0. The Hall–Kier alpha value is -1.53. The third-order valence-corrected chi connectivity index (χ3v) is 4.17. The van der Waals surface area contributed by atoms with Crippen LogP contribution in [0.1, 0.15) is 0 Å². The second-order valence-electron chi connectivity index (χ2n) is 3.41. The highest BCUT2D eigenvalue weighted by atomic mass is 32.2. The number of aliphatic carboxylic acids is 1. The Morgan fingerprint density at radius 3 is 3.11 bits per heavy atom. The van der Waals surface area contributed by atoms with Gasteiger partial charge in [0, 0.05) is 10.9 Å². The molecule has 2 aromatic rings. The van der Waals surface area contributed by atoms with Gasteiger partial charge in [-0.15, -0.1) is 11.3 Å². The number of methoxy groups -OCH3 is 1. The van der Waals surface area contributed by atoms with Crippen LogP contribution in [-0.2, 0) is 4.79 Å². The highest BCUT2D eigenvalue weighted by molar-refractivity contribution is 8.01. The predicted octanol–water partition coefficient (Wildman–Crippen LogP) is 3.00. The maximum Gasteiger partial charge on any atom is 0.313 e. The molecule has 0 amide bonds. The maximum absolute atomic E-state index is 10.5. The molecule has 0 spiro atoms. The zero-order valence-corrected chi connectivity index (χ0v) is 11.3. The van der Waals surface area contributed by atoms with Gasteiger partial charge >= 0.3 is 5.97 Å². The van der Waals surface area contributed by atoms with E-state index in [0.717, 1.165) is 21.3 Å². The van der Waals surface area contributed by atoms with Crippen LogP contribution >= 0.6 is 23.1 Å². The molecule has 6 heteroatoms. The lowest BCUT2D eigenvalue weighted by atomic mass is 10.2. The first-order valence-electron chi connectivity index (χ1n) is 5.13. The van der Waals surface area contributed by atoms with Crippen molar-refractivity contribution in [3.8, 4) is 17.0 Å². The zero-order chi connectivity index (χ0) is 13.0. The van der Waals surface area contributed by atoms with E-state index in [4.69, 9.17) is 9.84 Å². The number of hydrogen-bond acceptors (Lipinski definition) is 5. The molecule has 0 aliphatic rings. The summed E-state index contributed by atoms with van der Waals surface area (Å²) in [6, 6.07) is 7.62. The van der Waals surface area contributed by atoms with Crippen LogP contribution < -0.4 is 4.74 Å². The standard InChI is InChI=1S/C12H11NO3S2/c1-16-9-4-2-3-8(5-9)10-6-17-12(13-10)18-7-11(14)15/h2-6H,7H2,1H3,(H,14,15). The van der Waals surface area contributed by atoms with Gasteiger partial charge < -0.3 is 9.84 Å². The van der Waals surface area contributed by atoms with Crippen LogP contribution in [0.5, 0.6) is 5.75 Å². The maximum atomic E-state index is 10.5. The molecule has 94 valence electrons. The summed E-state index contributed by atoms with van der Waals surface area (Å²) in [4.78, 5) is 14.9. The second kappa shape index (κ2) is 5.88. The molecule has 0 saturated carbocycles. The van der Waals surface area contributed by atoms with Crippen LogP contribution in [-0.4, -0.2) is 28.9 Å². The van der Waals surface area contributed by atoms with Gasteiger partial charge in [0.2, 0.25) is 0 Å². The average Bonchev–Trinajstić information content (AvgIpc) is 2.85. The summed E-state index contributed by atoms with van der Waals surface area (Å²) in [7, 11) is 1.62. The minimum atomic E-state index is -0.835. The van der Waals surface area contributed by atoms with Crippen LogP contribution in [0.25, 0.3) is 11.3 Å². The molecule has 2 rings (SSSR count). The number of carboxylic acids is 1. The first-order valence-corrected chi connectivity index (χ1v) is 7.00. The van der Waals surface area contributed by atoms with E-state index in [0.29, 0.717) is 0 Å². The van der Waals surface area contributed by atoms with Crippen molar-refractivity contribution in [2.24, 2.45) is 0 Å². The van der Waals surface area contributed by atoms with Gasteiger partial charge in [-0.2, -0.15) is 0 Å². The Bertz CT molecular complexity index is 554. The van der Waals surface area contributed by atoms with E-state index in [-0.39, 0.29) is 5.75 Å². The molecule has 1 aromatic heterocycles. The fourth-order valence-corrected chi connectivity index (χ4v) is 2.92. The Labute approximate surface area is 113 Å². The molecule has 1 N–H and O–H groups in total. The van der Waals surface area contributed by atoms with Crippen LogP contribution in [0, 0.1) is 0 Å². The minimum Gasteiger partial charge on any atom is -0.497 e. The van der Waals surface area contributed by atoms with E-state index in [1.54, 1.807) is 7.11 Å². The number of carboxylic acid groups (broad SMARTS) is 1. The van der Waals surface area contributed by atoms with Gasteiger partial charge in [-0.05, 0) is 12.1 Å². The number of ether oxygens (including phenoxy) is 1. The van der Waals surface area contributed by atoms with Crippen LogP contribution in [0.2, 0.25) is 0 Å². The van der Waals surface area contributed by atoms with Crippen LogP contribution in [0.3, 0.4) is 0 Å². The molecule has 0 saturated heterocycles. The van der Waals surface area contributed by atoms with Gasteiger partial charge in [0.05, 0.1) is 18.6 Å². The van der Waals surface area contributed by atoms with Gasteiger partial charge in [-0.1, -0.05) is 23.9 Å². The molecule has 0 unspecified atom stereocenters. The van der Waals surface area contributed by atoms with Gasteiger partial charge in [-0.3, -0.25) is 4.79 Å². The first-order chi connectivity index (χ1) is 8.69. The third kappa shape index (κ3) is 3.24. The fraction of sp³-hybridized carbons (Fsp3) is 0.167. The van der Waals surface area contributed by atoms with Crippen molar-refractivity contribution < 1.29 is 14.6 Å². The van der Waals surface area contributed by atoms with Gasteiger partial charge in [-0.25, -0.2) is 4.98 Å². The summed E-state index contributed by atoms with van der Waals surface area (Å²) in [5.41, 5.74) is 1.81. The summed E-state index contributed by atoms with van der Waals surface area (Å²) < 4.78 is 5.91. The SMILES string of the molecule is COc1cccc(-c2csc(SCC(=O)O)n2)c1. The van der Waals surface area contributed by atoms with Crippen molar-refractivity contribution in [2.45, 2.75) is 4.34 Å². The fourth-order valence-electron chi connectivity index (χ4n) is 1.36. The normalized spacial score (nSPS) is 10.3. The Kier molecular flexibility index (Phi) is 4.22. The first kappa shape index (κ1) is 12.9. The molecule has 0 atom stereocenters. The number of thiazole rings is 1. The van der Waals surface area contributed by atoms with Crippen molar-refractivity contribution in [3.63, 3.8) is 0 Å². The number of hydrogen-bond donors (Lipinski definition) is 1. The van der Waals surface area contributed by atoms with E-state index in [9.17, 15) is 4.79 Å². The zero-order valence-electron chi connectivity index (χ0n) is 9.62. The van der Waals surface area contributed by atoms with Crippen molar-refractivity contribution in [1.29, 1.82) is 0 Å². The van der Waals surface area contributed by atoms with E-state index in [1.165, 1.54) is 23.1 Å². The number of thioether (sulfide) groups is 1. The average molecular weight is 281 g/mol. The summed E-state index contributed by atoms with van der Waals surface area (Å²) in [6.45, 7) is 0. The smallest absolute Gasteiger partial charge is 0.313 e. The number of nitrogens with zero attached hydrogens (tertiary/aromatic N) is 1. The molecule has 0 fully saturated rings. The van der Waals surface area contributed by atoms with E-state index < -0.39 is 5.97 Å². The lowest BCUT2D eigenvalue weighted by Crippen LogP contribution is -1.96. The number of rotatable bonds is 5. The van der Waals surface area contributed by atoms with E-state index in [2.05, 4.69) is 4.98 Å². The molecule has 0 aliphatic carbocycles. The summed E-state index contributed by atoms with van der Waals surface area (Å²) in [5.74, 6) is -0.0243. The Balaban J connectivity index is 2.15. The number of aromatic nitrogens is 1. The molecule has 4 nitrogen and oxygen atoms in total. The Morgan fingerprint density at radius 1 is 1.56 bits per heavy atom. The molecular weight excluding hydrogens is 270 g/mol. The van der Waals surface area contributed by atoms with Crippen molar-refractivity contribution in [3.05, 3.63) is 29.6 Å². The van der Waals surface area contributed by atoms with Gasteiger partial charge in [0.15, 0.2) is 4.34 Å². The van der Waals surface area contributed by atoms with Crippen LogP contribution in [0.4, 0.5) is 0 Å². The van der Waals surface area contributed by atoms with Crippen molar-refractivity contribution in [2.75, 3.05) is 12.9 Å². The third-order valence-electron chi connectivity index (χ3n) is 2.17. The topological polar surface area (TPSA) is 59.4 Å². The summed E-state index contributed by atoms with van der Waals surface area (Å²) >= 11 is 2.68.